The first kappa shape index (κ1) is 14.7. The summed E-state index contributed by atoms with van der Waals surface area (Å²) in [5, 5.41) is 12.5. The molecule has 3 fully saturated rings. The zero-order valence-corrected chi connectivity index (χ0v) is 12.8. The maximum atomic E-state index is 12.5. The molecule has 5 unspecified atom stereocenters. The SMILES string of the molecule is CC1CCCN(C(=O)NC2C3CCC(C3)C2C(=O)O)CC1. The van der Waals surface area contributed by atoms with Crippen molar-refractivity contribution in [3.05, 3.63) is 0 Å². The fraction of sp³-hybridized carbons (Fsp3) is 0.875. The molecular weight excluding hydrogens is 268 g/mol. The lowest BCUT2D eigenvalue weighted by Gasteiger charge is -2.31. The average molecular weight is 294 g/mol. The highest BCUT2D eigenvalue weighted by Gasteiger charge is 2.51. The molecule has 0 aromatic carbocycles. The van der Waals surface area contributed by atoms with E-state index in [0.717, 1.165) is 45.2 Å². The third-order valence-corrected chi connectivity index (χ3v) is 5.80. The second-order valence-electron chi connectivity index (χ2n) is 7.20. The lowest BCUT2D eigenvalue weighted by molar-refractivity contribution is -0.144. The summed E-state index contributed by atoms with van der Waals surface area (Å²) in [4.78, 5) is 25.9. The largest absolute Gasteiger partial charge is 0.481 e. The van der Waals surface area contributed by atoms with Gasteiger partial charge in [-0.15, -0.1) is 0 Å². The van der Waals surface area contributed by atoms with Crippen molar-refractivity contribution in [2.75, 3.05) is 13.1 Å². The van der Waals surface area contributed by atoms with E-state index < -0.39 is 5.97 Å². The first-order valence-electron chi connectivity index (χ1n) is 8.34. The van der Waals surface area contributed by atoms with E-state index in [1.54, 1.807) is 0 Å². The summed E-state index contributed by atoms with van der Waals surface area (Å²) in [6.07, 6.45) is 6.32. The first-order valence-corrected chi connectivity index (χ1v) is 8.34. The maximum Gasteiger partial charge on any atom is 0.317 e. The number of amides is 2. The van der Waals surface area contributed by atoms with Gasteiger partial charge in [0.25, 0.3) is 0 Å². The van der Waals surface area contributed by atoms with Gasteiger partial charge in [0.15, 0.2) is 0 Å². The number of hydrogen-bond acceptors (Lipinski definition) is 2. The number of fused-ring (bicyclic) bond motifs is 2. The van der Waals surface area contributed by atoms with E-state index in [4.69, 9.17) is 0 Å². The molecule has 2 saturated carbocycles. The van der Waals surface area contributed by atoms with Crippen LogP contribution in [0.3, 0.4) is 0 Å². The van der Waals surface area contributed by atoms with E-state index in [1.165, 1.54) is 6.42 Å². The van der Waals surface area contributed by atoms with Gasteiger partial charge in [-0.25, -0.2) is 4.79 Å². The van der Waals surface area contributed by atoms with E-state index in [1.807, 2.05) is 4.90 Å². The Balaban J connectivity index is 1.62. The monoisotopic (exact) mass is 294 g/mol. The number of carbonyl (C=O) groups is 2. The second kappa shape index (κ2) is 5.85. The summed E-state index contributed by atoms with van der Waals surface area (Å²) in [6.45, 7) is 3.83. The zero-order valence-electron chi connectivity index (χ0n) is 12.8. The van der Waals surface area contributed by atoms with E-state index >= 15 is 0 Å². The quantitative estimate of drug-likeness (QED) is 0.821. The van der Waals surface area contributed by atoms with Crippen LogP contribution in [0.4, 0.5) is 4.79 Å². The van der Waals surface area contributed by atoms with Crippen LogP contribution >= 0.6 is 0 Å². The van der Waals surface area contributed by atoms with Crippen molar-refractivity contribution in [2.45, 2.75) is 51.5 Å². The predicted octanol–water partition coefficient (Wildman–Crippen LogP) is 2.32. The fourth-order valence-electron chi connectivity index (χ4n) is 4.55. The Bertz CT molecular complexity index is 426. The van der Waals surface area contributed by atoms with Gasteiger partial charge in [0.1, 0.15) is 0 Å². The topological polar surface area (TPSA) is 69.6 Å². The van der Waals surface area contributed by atoms with Crippen LogP contribution < -0.4 is 5.32 Å². The Morgan fingerprint density at radius 3 is 2.62 bits per heavy atom. The van der Waals surface area contributed by atoms with Crippen molar-refractivity contribution < 1.29 is 14.7 Å². The van der Waals surface area contributed by atoms with E-state index in [-0.39, 0.29) is 23.9 Å². The van der Waals surface area contributed by atoms with Crippen molar-refractivity contribution >= 4 is 12.0 Å². The molecule has 118 valence electrons. The van der Waals surface area contributed by atoms with Gasteiger partial charge in [0, 0.05) is 19.1 Å². The number of carboxylic acids is 1. The van der Waals surface area contributed by atoms with Gasteiger partial charge in [-0.3, -0.25) is 4.79 Å². The molecule has 3 aliphatic rings. The molecule has 1 heterocycles. The van der Waals surface area contributed by atoms with Crippen molar-refractivity contribution in [3.8, 4) is 0 Å². The molecule has 1 saturated heterocycles. The Kier molecular flexibility index (Phi) is 4.09. The van der Waals surface area contributed by atoms with Crippen LogP contribution in [0, 0.1) is 23.7 Å². The summed E-state index contributed by atoms with van der Waals surface area (Å²) in [7, 11) is 0. The molecule has 0 radical (unpaired) electrons. The summed E-state index contributed by atoms with van der Waals surface area (Å²) >= 11 is 0. The molecule has 21 heavy (non-hydrogen) atoms. The number of aliphatic carboxylic acids is 1. The van der Waals surface area contributed by atoms with Crippen molar-refractivity contribution in [1.82, 2.24) is 10.2 Å². The molecule has 0 aromatic heterocycles. The standard InChI is InChI=1S/C16H26N2O3/c1-10-3-2-7-18(8-6-10)16(21)17-14-12-5-4-11(9-12)13(14)15(19)20/h10-14H,2-9H2,1H3,(H,17,21)(H,19,20). The zero-order chi connectivity index (χ0) is 15.0. The van der Waals surface area contributed by atoms with Gasteiger partial charge < -0.3 is 15.3 Å². The van der Waals surface area contributed by atoms with Crippen LogP contribution in [0.25, 0.3) is 0 Å². The van der Waals surface area contributed by atoms with Crippen molar-refractivity contribution in [2.24, 2.45) is 23.7 Å². The minimum Gasteiger partial charge on any atom is -0.481 e. The smallest absolute Gasteiger partial charge is 0.317 e. The number of likely N-dealkylation sites (tertiary alicyclic amines) is 1. The molecule has 3 rings (SSSR count). The van der Waals surface area contributed by atoms with E-state index in [2.05, 4.69) is 12.2 Å². The highest BCUT2D eigenvalue weighted by atomic mass is 16.4. The van der Waals surface area contributed by atoms with Crippen molar-refractivity contribution in [1.29, 1.82) is 0 Å². The summed E-state index contributed by atoms with van der Waals surface area (Å²) in [6, 6.07) is -0.206. The fourth-order valence-corrected chi connectivity index (χ4v) is 4.55. The van der Waals surface area contributed by atoms with Crippen LogP contribution in [-0.2, 0) is 4.79 Å². The summed E-state index contributed by atoms with van der Waals surface area (Å²) in [5.41, 5.74) is 0. The summed E-state index contributed by atoms with van der Waals surface area (Å²) in [5.74, 6) is 0.195. The van der Waals surface area contributed by atoms with E-state index in [0.29, 0.717) is 11.8 Å². The Hall–Kier alpha value is -1.26. The highest BCUT2D eigenvalue weighted by molar-refractivity contribution is 5.77. The maximum absolute atomic E-state index is 12.5. The number of carboxylic acid groups (broad SMARTS) is 1. The van der Waals surface area contributed by atoms with Gasteiger partial charge in [-0.05, 0) is 56.3 Å². The molecule has 0 aromatic rings. The van der Waals surface area contributed by atoms with Gasteiger partial charge in [-0.2, -0.15) is 0 Å². The first-order chi connectivity index (χ1) is 10.1. The molecule has 2 bridgehead atoms. The van der Waals surface area contributed by atoms with Crippen LogP contribution in [-0.4, -0.2) is 41.1 Å². The normalized spacial score (nSPS) is 39.1. The number of hydrogen-bond donors (Lipinski definition) is 2. The minimum atomic E-state index is -0.739. The van der Waals surface area contributed by atoms with Gasteiger partial charge in [-0.1, -0.05) is 6.92 Å². The van der Waals surface area contributed by atoms with Crippen LogP contribution in [0.15, 0.2) is 0 Å². The molecule has 0 spiro atoms. The number of nitrogens with zero attached hydrogens (tertiary/aromatic N) is 1. The van der Waals surface area contributed by atoms with Crippen LogP contribution in [0.5, 0.6) is 0 Å². The molecule has 2 aliphatic carbocycles. The van der Waals surface area contributed by atoms with Crippen LogP contribution in [0.2, 0.25) is 0 Å². The number of nitrogens with one attached hydrogen (secondary N) is 1. The molecule has 5 atom stereocenters. The molecular formula is C16H26N2O3. The Morgan fingerprint density at radius 2 is 1.86 bits per heavy atom. The lowest BCUT2D eigenvalue weighted by atomic mass is 9.84. The Labute approximate surface area is 126 Å². The molecule has 5 heteroatoms. The molecule has 2 amide bonds. The third-order valence-electron chi connectivity index (χ3n) is 5.80. The average Bonchev–Trinajstić information content (AvgIpc) is 2.96. The second-order valence-corrected chi connectivity index (χ2v) is 7.20. The van der Waals surface area contributed by atoms with E-state index in [9.17, 15) is 14.7 Å². The number of rotatable bonds is 2. The van der Waals surface area contributed by atoms with Crippen molar-refractivity contribution in [3.63, 3.8) is 0 Å². The number of urea groups is 1. The van der Waals surface area contributed by atoms with Gasteiger partial charge >= 0.3 is 12.0 Å². The van der Waals surface area contributed by atoms with Gasteiger partial charge in [0.05, 0.1) is 5.92 Å². The number of carbonyl (C=O) groups excluding carboxylic acids is 1. The lowest BCUT2D eigenvalue weighted by Crippen LogP contribution is -2.51. The Morgan fingerprint density at radius 1 is 1.10 bits per heavy atom. The minimum absolute atomic E-state index is 0.0482. The third kappa shape index (κ3) is 2.87. The van der Waals surface area contributed by atoms with Crippen LogP contribution in [0.1, 0.15) is 45.4 Å². The molecule has 1 aliphatic heterocycles. The molecule has 5 nitrogen and oxygen atoms in total. The predicted molar refractivity (Wildman–Crippen MR) is 78.9 cm³/mol. The highest BCUT2D eigenvalue weighted by Crippen LogP contribution is 2.48. The summed E-state index contributed by atoms with van der Waals surface area (Å²) < 4.78 is 0. The van der Waals surface area contributed by atoms with Gasteiger partial charge in [0.2, 0.25) is 0 Å². The molecule has 2 N–H and O–H groups in total.